The fourth-order valence-electron chi connectivity index (χ4n) is 1.87. The van der Waals surface area contributed by atoms with Crippen LogP contribution in [0.1, 0.15) is 30.6 Å². The molecule has 1 rings (SSSR count). The number of nitrogens with two attached hydrogens (primary N) is 2. The lowest BCUT2D eigenvalue weighted by atomic mass is 10.1. The van der Waals surface area contributed by atoms with Gasteiger partial charge in [-0.3, -0.25) is 4.79 Å². The van der Waals surface area contributed by atoms with Crippen molar-refractivity contribution in [2.24, 2.45) is 17.4 Å². The Bertz CT molecular complexity index is 570. The summed E-state index contributed by atoms with van der Waals surface area (Å²) in [4.78, 5) is 11.1. The van der Waals surface area contributed by atoms with Crippen molar-refractivity contribution in [1.29, 1.82) is 0 Å². The molecule has 1 aromatic carbocycles. The van der Waals surface area contributed by atoms with E-state index < -0.39 is 15.9 Å². The third-order valence-electron chi connectivity index (χ3n) is 2.79. The van der Waals surface area contributed by atoms with Crippen molar-refractivity contribution in [2.45, 2.75) is 31.2 Å². The van der Waals surface area contributed by atoms with Crippen molar-refractivity contribution < 1.29 is 13.2 Å². The van der Waals surface area contributed by atoms with E-state index in [1.165, 1.54) is 24.3 Å². The van der Waals surface area contributed by atoms with E-state index in [9.17, 15) is 13.2 Å². The Kier molecular flexibility index (Phi) is 5.67. The van der Waals surface area contributed by atoms with E-state index in [-0.39, 0.29) is 23.0 Å². The van der Waals surface area contributed by atoms with Gasteiger partial charge in [0.2, 0.25) is 15.9 Å². The van der Waals surface area contributed by atoms with Crippen molar-refractivity contribution in [1.82, 2.24) is 4.72 Å². The van der Waals surface area contributed by atoms with Gasteiger partial charge in [0.15, 0.2) is 0 Å². The Balaban J connectivity index is 2.98. The Morgan fingerprint density at radius 1 is 1.35 bits per heavy atom. The summed E-state index contributed by atoms with van der Waals surface area (Å²) in [5.41, 5.74) is 10.9. The van der Waals surface area contributed by atoms with Crippen LogP contribution in [-0.4, -0.2) is 26.9 Å². The monoisotopic (exact) mass is 299 g/mol. The number of nitrogens with one attached hydrogen (secondary N) is 1. The number of sulfonamides is 1. The lowest BCUT2D eigenvalue weighted by Gasteiger charge is -2.19. The van der Waals surface area contributed by atoms with Crippen molar-refractivity contribution in [2.75, 3.05) is 6.54 Å². The van der Waals surface area contributed by atoms with Gasteiger partial charge in [-0.1, -0.05) is 19.9 Å². The molecule has 0 heterocycles. The summed E-state index contributed by atoms with van der Waals surface area (Å²) in [6.45, 7) is 4.20. The zero-order chi connectivity index (χ0) is 15.3. The van der Waals surface area contributed by atoms with Crippen molar-refractivity contribution in [3.63, 3.8) is 0 Å². The summed E-state index contributed by atoms with van der Waals surface area (Å²) in [7, 11) is -3.71. The first-order valence-corrected chi connectivity index (χ1v) is 7.87. The highest BCUT2D eigenvalue weighted by atomic mass is 32.2. The van der Waals surface area contributed by atoms with Gasteiger partial charge in [-0.15, -0.1) is 0 Å². The Labute approximate surface area is 119 Å². The highest BCUT2D eigenvalue weighted by Crippen LogP contribution is 2.13. The van der Waals surface area contributed by atoms with Crippen LogP contribution in [0.4, 0.5) is 0 Å². The van der Waals surface area contributed by atoms with Gasteiger partial charge in [0.1, 0.15) is 0 Å². The number of amides is 1. The minimum absolute atomic E-state index is 0.0102. The molecule has 0 aliphatic carbocycles. The van der Waals surface area contributed by atoms with Crippen LogP contribution < -0.4 is 16.2 Å². The molecular weight excluding hydrogens is 278 g/mol. The number of carbonyl (C=O) groups excluding carboxylic acids is 1. The average Bonchev–Trinajstić information content (AvgIpc) is 2.37. The van der Waals surface area contributed by atoms with Crippen LogP contribution in [0.3, 0.4) is 0 Å². The van der Waals surface area contributed by atoms with Gasteiger partial charge in [-0.2, -0.15) is 0 Å². The van der Waals surface area contributed by atoms with E-state index in [0.29, 0.717) is 12.3 Å². The second-order valence-corrected chi connectivity index (χ2v) is 6.79. The van der Waals surface area contributed by atoms with Gasteiger partial charge < -0.3 is 11.5 Å². The smallest absolute Gasteiger partial charge is 0.248 e. The number of benzene rings is 1. The second-order valence-electron chi connectivity index (χ2n) is 5.08. The van der Waals surface area contributed by atoms with E-state index >= 15 is 0 Å². The van der Waals surface area contributed by atoms with E-state index in [2.05, 4.69) is 4.72 Å². The normalized spacial score (nSPS) is 13.4. The summed E-state index contributed by atoms with van der Waals surface area (Å²) < 4.78 is 27.0. The molecule has 7 heteroatoms. The first-order chi connectivity index (χ1) is 9.26. The molecule has 0 radical (unpaired) electrons. The van der Waals surface area contributed by atoms with Crippen LogP contribution in [0, 0.1) is 5.92 Å². The SMILES string of the molecule is CC(C)CC(CN)NS(=O)(=O)c1cccc(C(N)=O)c1. The first-order valence-electron chi connectivity index (χ1n) is 6.38. The molecule has 0 aliphatic rings. The number of carbonyl (C=O) groups is 1. The predicted octanol–water partition coefficient (Wildman–Crippen LogP) is 0.437. The maximum absolute atomic E-state index is 12.2. The van der Waals surface area contributed by atoms with Gasteiger partial charge in [0.25, 0.3) is 0 Å². The van der Waals surface area contributed by atoms with Crippen LogP contribution in [0.25, 0.3) is 0 Å². The van der Waals surface area contributed by atoms with Crippen LogP contribution in [0.5, 0.6) is 0 Å². The molecule has 5 N–H and O–H groups in total. The molecule has 0 spiro atoms. The van der Waals surface area contributed by atoms with E-state index in [4.69, 9.17) is 11.5 Å². The number of rotatable bonds is 7. The molecule has 1 amide bonds. The lowest BCUT2D eigenvalue weighted by molar-refractivity contribution is 0.1000. The molecule has 20 heavy (non-hydrogen) atoms. The summed E-state index contributed by atoms with van der Waals surface area (Å²) >= 11 is 0. The van der Waals surface area contributed by atoms with Gasteiger partial charge in [-0.25, -0.2) is 13.1 Å². The van der Waals surface area contributed by atoms with Crippen LogP contribution in [0.15, 0.2) is 29.2 Å². The number of hydrogen-bond acceptors (Lipinski definition) is 4. The van der Waals surface area contributed by atoms with E-state index in [0.717, 1.165) is 0 Å². The summed E-state index contributed by atoms with van der Waals surface area (Å²) in [6, 6.07) is 5.28. The minimum atomic E-state index is -3.71. The topological polar surface area (TPSA) is 115 Å². The third kappa shape index (κ3) is 4.59. The molecule has 112 valence electrons. The number of hydrogen-bond donors (Lipinski definition) is 3. The molecule has 0 saturated heterocycles. The zero-order valence-corrected chi connectivity index (χ0v) is 12.5. The second kappa shape index (κ2) is 6.83. The summed E-state index contributed by atoms with van der Waals surface area (Å²) in [6.07, 6.45) is 0.644. The fraction of sp³-hybridized carbons (Fsp3) is 0.462. The number of primary amides is 1. The molecule has 1 unspecified atom stereocenters. The highest BCUT2D eigenvalue weighted by Gasteiger charge is 2.20. The van der Waals surface area contributed by atoms with Gasteiger partial charge >= 0.3 is 0 Å². The zero-order valence-electron chi connectivity index (χ0n) is 11.7. The molecule has 0 saturated carbocycles. The maximum atomic E-state index is 12.2. The Morgan fingerprint density at radius 2 is 2.00 bits per heavy atom. The van der Waals surface area contributed by atoms with Crippen LogP contribution >= 0.6 is 0 Å². The van der Waals surface area contributed by atoms with Crippen LogP contribution in [-0.2, 0) is 10.0 Å². The molecule has 0 bridgehead atoms. The molecule has 0 aliphatic heterocycles. The molecule has 1 atom stereocenters. The molecule has 0 fully saturated rings. The molecule has 0 aromatic heterocycles. The molecule has 1 aromatic rings. The summed E-state index contributed by atoms with van der Waals surface area (Å²) in [5, 5.41) is 0. The van der Waals surface area contributed by atoms with Crippen molar-refractivity contribution in [3.05, 3.63) is 29.8 Å². The largest absolute Gasteiger partial charge is 0.366 e. The van der Waals surface area contributed by atoms with Gasteiger partial charge in [-0.05, 0) is 30.5 Å². The van der Waals surface area contributed by atoms with Crippen LogP contribution in [0.2, 0.25) is 0 Å². The van der Waals surface area contributed by atoms with E-state index in [1.54, 1.807) is 0 Å². The summed E-state index contributed by atoms with van der Waals surface area (Å²) in [5.74, 6) is -0.345. The Hall–Kier alpha value is -1.44. The third-order valence-corrected chi connectivity index (χ3v) is 4.31. The van der Waals surface area contributed by atoms with Gasteiger partial charge in [0.05, 0.1) is 4.90 Å². The van der Waals surface area contributed by atoms with Crippen molar-refractivity contribution >= 4 is 15.9 Å². The maximum Gasteiger partial charge on any atom is 0.248 e. The van der Waals surface area contributed by atoms with Gasteiger partial charge in [0, 0.05) is 18.2 Å². The predicted molar refractivity (Wildman–Crippen MR) is 77.6 cm³/mol. The quantitative estimate of drug-likeness (QED) is 0.677. The Morgan fingerprint density at radius 3 is 2.50 bits per heavy atom. The van der Waals surface area contributed by atoms with E-state index in [1.807, 2.05) is 13.8 Å². The minimum Gasteiger partial charge on any atom is -0.366 e. The molecular formula is C13H21N3O3S. The first kappa shape index (κ1) is 16.6. The standard InChI is InChI=1S/C13H21N3O3S/c1-9(2)6-11(8-14)16-20(18,19)12-5-3-4-10(7-12)13(15)17/h3-5,7,9,11,16H,6,8,14H2,1-2H3,(H2,15,17). The fourth-order valence-corrected chi connectivity index (χ4v) is 3.17. The molecule has 6 nitrogen and oxygen atoms in total. The average molecular weight is 299 g/mol. The van der Waals surface area contributed by atoms with Crippen molar-refractivity contribution in [3.8, 4) is 0 Å². The lowest BCUT2D eigenvalue weighted by Crippen LogP contribution is -2.41. The highest BCUT2D eigenvalue weighted by molar-refractivity contribution is 7.89.